The van der Waals surface area contributed by atoms with E-state index in [0.717, 1.165) is 54.9 Å². The van der Waals surface area contributed by atoms with Gasteiger partial charge in [-0.1, -0.05) is 18.7 Å². The highest BCUT2D eigenvalue weighted by atomic mass is 16.1. The van der Waals surface area contributed by atoms with Crippen LogP contribution in [0.5, 0.6) is 0 Å². The number of aromatic amines is 1. The molecule has 0 aliphatic heterocycles. The average molecular weight is 451 g/mol. The summed E-state index contributed by atoms with van der Waals surface area (Å²) in [5, 5.41) is 0.806. The highest BCUT2D eigenvalue weighted by molar-refractivity contribution is 5.81. The Morgan fingerprint density at radius 2 is 1.85 bits per heavy atom. The van der Waals surface area contributed by atoms with Crippen molar-refractivity contribution in [1.29, 1.82) is 0 Å². The molecule has 7 N–H and O–H groups in total. The minimum atomic E-state index is -0.355. The number of nitrogens with zero attached hydrogens (tertiary/aromatic N) is 4. The number of hydrogen-bond acceptors (Lipinski definition) is 7. The number of fused-ring (bicyclic) bond motifs is 1. The van der Waals surface area contributed by atoms with Gasteiger partial charge in [0.25, 0.3) is 0 Å². The summed E-state index contributed by atoms with van der Waals surface area (Å²) in [5.74, 6) is 0. The number of rotatable bonds is 12. The van der Waals surface area contributed by atoms with E-state index in [1.165, 1.54) is 11.8 Å². The minimum absolute atomic E-state index is 0.355. The maximum absolute atomic E-state index is 12.7. The van der Waals surface area contributed by atoms with E-state index in [2.05, 4.69) is 21.4 Å². The van der Waals surface area contributed by atoms with E-state index < -0.39 is 0 Å². The Morgan fingerprint density at radius 1 is 1.18 bits per heavy atom. The van der Waals surface area contributed by atoms with Crippen LogP contribution >= 0.6 is 0 Å². The van der Waals surface area contributed by atoms with E-state index >= 15 is 0 Å². The summed E-state index contributed by atoms with van der Waals surface area (Å²) in [6, 6.07) is 9.89. The van der Waals surface area contributed by atoms with Gasteiger partial charge in [0.2, 0.25) is 0 Å². The Balaban J connectivity index is 1.84. The number of nitrogens with two attached hydrogens (primary N) is 3. The van der Waals surface area contributed by atoms with Crippen LogP contribution in [0.25, 0.3) is 22.4 Å². The van der Waals surface area contributed by atoms with E-state index in [4.69, 9.17) is 17.2 Å². The standard InChI is InChI=1S/C24H34N8O/c1-3-30(2)22(15-27)21-14-19-17-32(24(33)29-23(19)28-21)20-8-6-18(7-9-20)16-31(12-4-10-25)13-5-11-26/h3,6-9,14-15,17H,1,4-5,10-13,16,25-27H2,2H3,(H,28,29,33)/b22-15-. The summed E-state index contributed by atoms with van der Waals surface area (Å²) in [6.45, 7) is 7.80. The van der Waals surface area contributed by atoms with Gasteiger partial charge in [0.1, 0.15) is 5.65 Å². The molecule has 0 amide bonds. The number of nitrogens with one attached hydrogen (secondary N) is 1. The second-order valence-corrected chi connectivity index (χ2v) is 7.95. The van der Waals surface area contributed by atoms with Crippen LogP contribution in [-0.2, 0) is 6.54 Å². The average Bonchev–Trinajstić information content (AvgIpc) is 3.23. The highest BCUT2D eigenvalue weighted by Crippen LogP contribution is 2.21. The first-order valence-corrected chi connectivity index (χ1v) is 11.1. The van der Waals surface area contributed by atoms with Crippen molar-refractivity contribution in [2.45, 2.75) is 19.4 Å². The first-order valence-electron chi connectivity index (χ1n) is 11.1. The van der Waals surface area contributed by atoms with Crippen LogP contribution in [0.1, 0.15) is 24.1 Å². The molecule has 0 bridgehead atoms. The summed E-state index contributed by atoms with van der Waals surface area (Å²) in [5.41, 5.74) is 20.7. The van der Waals surface area contributed by atoms with Gasteiger partial charge < -0.3 is 27.1 Å². The molecule has 2 aromatic heterocycles. The number of hydrogen-bond donors (Lipinski definition) is 4. The van der Waals surface area contributed by atoms with E-state index in [-0.39, 0.29) is 5.69 Å². The monoisotopic (exact) mass is 450 g/mol. The van der Waals surface area contributed by atoms with Gasteiger partial charge in [-0.05, 0) is 69.0 Å². The molecule has 3 aromatic rings. The maximum atomic E-state index is 12.7. The Hall–Kier alpha value is -3.40. The summed E-state index contributed by atoms with van der Waals surface area (Å²) in [6.07, 6.45) is 6.84. The van der Waals surface area contributed by atoms with Gasteiger partial charge in [0, 0.05) is 31.4 Å². The van der Waals surface area contributed by atoms with Gasteiger partial charge >= 0.3 is 5.69 Å². The lowest BCUT2D eigenvalue weighted by atomic mass is 10.1. The van der Waals surface area contributed by atoms with Crippen LogP contribution < -0.4 is 22.9 Å². The lowest BCUT2D eigenvalue weighted by Gasteiger charge is -2.22. The van der Waals surface area contributed by atoms with Gasteiger partial charge in [-0.3, -0.25) is 9.47 Å². The quantitative estimate of drug-likeness (QED) is 0.329. The Bertz CT molecular complexity index is 1140. The Kier molecular flexibility index (Phi) is 8.42. The molecular formula is C24H34N8O. The number of H-pyrrole nitrogens is 1. The lowest BCUT2D eigenvalue weighted by Crippen LogP contribution is -2.28. The van der Waals surface area contributed by atoms with Crippen molar-refractivity contribution in [3.05, 3.63) is 77.2 Å². The molecule has 9 nitrogen and oxygen atoms in total. The third-order valence-electron chi connectivity index (χ3n) is 5.57. The molecule has 0 atom stereocenters. The number of benzene rings is 1. The zero-order chi connectivity index (χ0) is 23.8. The predicted molar refractivity (Wildman–Crippen MR) is 134 cm³/mol. The van der Waals surface area contributed by atoms with Crippen molar-refractivity contribution in [1.82, 2.24) is 24.3 Å². The van der Waals surface area contributed by atoms with Crippen LogP contribution in [0.2, 0.25) is 0 Å². The molecule has 2 heterocycles. The van der Waals surface area contributed by atoms with Crippen molar-refractivity contribution in [3.8, 4) is 5.69 Å². The van der Waals surface area contributed by atoms with Crippen LogP contribution in [0.4, 0.5) is 0 Å². The molecule has 9 heteroatoms. The predicted octanol–water partition coefficient (Wildman–Crippen LogP) is 1.55. The van der Waals surface area contributed by atoms with E-state index in [1.807, 2.05) is 37.4 Å². The van der Waals surface area contributed by atoms with E-state index in [9.17, 15) is 4.79 Å². The summed E-state index contributed by atoms with van der Waals surface area (Å²) >= 11 is 0. The fourth-order valence-electron chi connectivity index (χ4n) is 3.73. The summed E-state index contributed by atoms with van der Waals surface area (Å²) in [7, 11) is 1.85. The molecular weight excluding hydrogens is 416 g/mol. The fourth-order valence-corrected chi connectivity index (χ4v) is 3.73. The molecule has 33 heavy (non-hydrogen) atoms. The molecule has 0 spiro atoms. The summed E-state index contributed by atoms with van der Waals surface area (Å²) < 4.78 is 1.55. The van der Waals surface area contributed by atoms with Crippen molar-refractivity contribution in [3.63, 3.8) is 0 Å². The Labute approximate surface area is 194 Å². The summed E-state index contributed by atoms with van der Waals surface area (Å²) in [4.78, 5) is 24.2. The third-order valence-corrected chi connectivity index (χ3v) is 5.57. The van der Waals surface area contributed by atoms with E-state index in [1.54, 1.807) is 21.9 Å². The zero-order valence-corrected chi connectivity index (χ0v) is 19.2. The molecule has 0 saturated heterocycles. The molecule has 0 aliphatic rings. The van der Waals surface area contributed by atoms with Gasteiger partial charge in [-0.15, -0.1) is 0 Å². The van der Waals surface area contributed by atoms with Gasteiger partial charge in [0.15, 0.2) is 0 Å². The molecule has 0 saturated carbocycles. The molecule has 176 valence electrons. The second kappa shape index (κ2) is 11.5. The number of aromatic nitrogens is 3. The van der Waals surface area contributed by atoms with Crippen LogP contribution in [0, 0.1) is 0 Å². The zero-order valence-electron chi connectivity index (χ0n) is 19.2. The van der Waals surface area contributed by atoms with Crippen molar-refractivity contribution in [2.75, 3.05) is 33.2 Å². The molecule has 1 aromatic carbocycles. The smallest absolute Gasteiger partial charge is 0.354 e. The second-order valence-electron chi connectivity index (χ2n) is 7.95. The van der Waals surface area contributed by atoms with Crippen molar-refractivity contribution >= 4 is 16.7 Å². The van der Waals surface area contributed by atoms with Gasteiger partial charge in [-0.2, -0.15) is 4.98 Å². The molecule has 0 unspecified atom stereocenters. The first kappa shape index (κ1) is 24.2. The fraction of sp³-hybridized carbons (Fsp3) is 0.333. The SMILES string of the molecule is C=CN(C)/C(=C\N)c1cc2cn(-c3ccc(CN(CCCN)CCCN)cc3)c(=O)nc2[nH]1. The lowest BCUT2D eigenvalue weighted by molar-refractivity contribution is 0.262. The van der Waals surface area contributed by atoms with Crippen LogP contribution in [0.3, 0.4) is 0 Å². The van der Waals surface area contributed by atoms with Crippen LogP contribution in [-0.4, -0.2) is 57.6 Å². The topological polar surface area (TPSA) is 135 Å². The van der Waals surface area contributed by atoms with Crippen LogP contribution in [0.15, 0.2) is 60.3 Å². The van der Waals surface area contributed by atoms with Gasteiger partial charge in [-0.25, -0.2) is 4.79 Å². The Morgan fingerprint density at radius 3 is 2.42 bits per heavy atom. The molecule has 0 fully saturated rings. The molecule has 3 rings (SSSR count). The maximum Gasteiger partial charge on any atom is 0.354 e. The van der Waals surface area contributed by atoms with Gasteiger partial charge in [0.05, 0.1) is 17.1 Å². The van der Waals surface area contributed by atoms with E-state index in [0.29, 0.717) is 18.7 Å². The minimum Gasteiger partial charge on any atom is -0.403 e. The van der Waals surface area contributed by atoms with Crippen molar-refractivity contribution < 1.29 is 0 Å². The molecule has 0 radical (unpaired) electrons. The largest absolute Gasteiger partial charge is 0.403 e. The van der Waals surface area contributed by atoms with Crippen molar-refractivity contribution in [2.24, 2.45) is 17.2 Å². The molecule has 0 aliphatic carbocycles. The third kappa shape index (κ3) is 5.89. The first-order chi connectivity index (χ1) is 16.0. The normalized spacial score (nSPS) is 11.9. The highest BCUT2D eigenvalue weighted by Gasteiger charge is 2.12.